The number of amides is 1. The SMILES string of the molecule is CCC(c1ccc(-c2ccc3cccnc3c2C)cc1)C1CCN(C(=O)[C@H]2CCCO2)CC1. The van der Waals surface area contributed by atoms with E-state index in [1.807, 2.05) is 17.2 Å². The van der Waals surface area contributed by atoms with Crippen LogP contribution in [-0.4, -0.2) is 41.6 Å². The summed E-state index contributed by atoms with van der Waals surface area (Å²) in [5, 5.41) is 1.19. The molecule has 5 rings (SSSR count). The number of rotatable bonds is 5. The van der Waals surface area contributed by atoms with Gasteiger partial charge >= 0.3 is 0 Å². The molecule has 2 aromatic carbocycles. The van der Waals surface area contributed by atoms with Crippen molar-refractivity contribution in [2.75, 3.05) is 19.7 Å². The van der Waals surface area contributed by atoms with E-state index in [0.29, 0.717) is 11.8 Å². The number of hydrogen-bond donors (Lipinski definition) is 0. The summed E-state index contributed by atoms with van der Waals surface area (Å²) in [6.07, 6.45) is 6.86. The molecule has 4 heteroatoms. The van der Waals surface area contributed by atoms with Gasteiger partial charge in [0.15, 0.2) is 0 Å². The van der Waals surface area contributed by atoms with Gasteiger partial charge in [0.05, 0.1) is 5.52 Å². The van der Waals surface area contributed by atoms with E-state index < -0.39 is 0 Å². The van der Waals surface area contributed by atoms with Gasteiger partial charge in [0.2, 0.25) is 0 Å². The van der Waals surface area contributed by atoms with Crippen LogP contribution in [0.3, 0.4) is 0 Å². The average molecular weight is 443 g/mol. The lowest BCUT2D eigenvalue weighted by Crippen LogP contribution is -2.44. The molecular weight excluding hydrogens is 408 g/mol. The third-order valence-corrected chi connectivity index (χ3v) is 7.74. The Kier molecular flexibility index (Phi) is 6.45. The van der Waals surface area contributed by atoms with E-state index in [4.69, 9.17) is 4.74 Å². The van der Waals surface area contributed by atoms with Crippen LogP contribution in [0.1, 0.15) is 56.1 Å². The van der Waals surface area contributed by atoms with Crippen molar-refractivity contribution >= 4 is 16.8 Å². The molecule has 2 aliphatic heterocycles. The molecule has 0 saturated carbocycles. The predicted octanol–water partition coefficient (Wildman–Crippen LogP) is 6.12. The van der Waals surface area contributed by atoms with Gasteiger partial charge in [-0.05, 0) is 79.2 Å². The number of aromatic nitrogens is 1. The van der Waals surface area contributed by atoms with Gasteiger partial charge in [0, 0.05) is 31.3 Å². The molecule has 2 atom stereocenters. The maximum atomic E-state index is 12.7. The molecular formula is C29H34N2O2. The van der Waals surface area contributed by atoms with E-state index in [2.05, 4.69) is 61.3 Å². The van der Waals surface area contributed by atoms with Crippen molar-refractivity contribution in [2.24, 2.45) is 5.92 Å². The lowest BCUT2D eigenvalue weighted by molar-refractivity contribution is -0.142. The molecule has 2 fully saturated rings. The standard InChI is InChI=1S/C29H34N2O2/c1-3-25(23-14-17-31(18-15-23)29(32)27-7-5-19-33-27)21-8-10-22(11-9-21)26-13-12-24-6-4-16-30-28(24)20(26)2/h4,6,8-13,16,23,25,27H,3,5,7,14-15,17-19H2,1-2H3/t25?,27-/m1/s1. The fourth-order valence-electron chi connectivity index (χ4n) is 5.85. The van der Waals surface area contributed by atoms with Crippen LogP contribution >= 0.6 is 0 Å². The van der Waals surface area contributed by atoms with Gasteiger partial charge in [-0.1, -0.05) is 49.4 Å². The fourth-order valence-corrected chi connectivity index (χ4v) is 5.85. The molecule has 172 valence electrons. The number of carbonyl (C=O) groups excluding carboxylic acids is 1. The van der Waals surface area contributed by atoms with Crippen LogP contribution in [0.15, 0.2) is 54.7 Å². The molecule has 1 amide bonds. The number of pyridine rings is 1. The molecule has 2 saturated heterocycles. The molecule has 0 N–H and O–H groups in total. The molecule has 0 spiro atoms. The van der Waals surface area contributed by atoms with Crippen molar-refractivity contribution in [1.29, 1.82) is 0 Å². The number of likely N-dealkylation sites (tertiary alicyclic amines) is 1. The molecule has 0 aliphatic carbocycles. The first-order valence-electron chi connectivity index (χ1n) is 12.5. The summed E-state index contributed by atoms with van der Waals surface area (Å²) < 4.78 is 5.62. The van der Waals surface area contributed by atoms with Crippen molar-refractivity contribution in [3.05, 3.63) is 65.9 Å². The number of carbonyl (C=O) groups is 1. The normalized spacial score (nSPS) is 20.3. The second kappa shape index (κ2) is 9.64. The minimum absolute atomic E-state index is 0.190. The Hall–Kier alpha value is -2.72. The minimum Gasteiger partial charge on any atom is -0.368 e. The van der Waals surface area contributed by atoms with E-state index in [1.165, 1.54) is 27.6 Å². The van der Waals surface area contributed by atoms with E-state index in [0.717, 1.165) is 57.3 Å². The number of ether oxygens (including phenoxy) is 1. The van der Waals surface area contributed by atoms with E-state index >= 15 is 0 Å². The Morgan fingerprint density at radius 2 is 1.88 bits per heavy atom. The summed E-state index contributed by atoms with van der Waals surface area (Å²) in [6.45, 7) is 6.92. The Morgan fingerprint density at radius 1 is 1.09 bits per heavy atom. The molecule has 0 radical (unpaired) electrons. The van der Waals surface area contributed by atoms with Gasteiger partial charge in [0.25, 0.3) is 5.91 Å². The van der Waals surface area contributed by atoms with Crippen LogP contribution in [0.2, 0.25) is 0 Å². The zero-order valence-corrected chi connectivity index (χ0v) is 19.8. The maximum Gasteiger partial charge on any atom is 0.251 e. The molecule has 33 heavy (non-hydrogen) atoms. The first-order valence-corrected chi connectivity index (χ1v) is 12.5. The van der Waals surface area contributed by atoms with Crippen LogP contribution in [0.5, 0.6) is 0 Å². The summed E-state index contributed by atoms with van der Waals surface area (Å²) in [7, 11) is 0. The van der Waals surface area contributed by atoms with Crippen LogP contribution in [0.25, 0.3) is 22.0 Å². The average Bonchev–Trinajstić information content (AvgIpc) is 3.41. The number of nitrogens with zero attached hydrogens (tertiary/aromatic N) is 2. The van der Waals surface area contributed by atoms with E-state index in [1.54, 1.807) is 0 Å². The second-order valence-corrected chi connectivity index (χ2v) is 9.61. The number of hydrogen-bond acceptors (Lipinski definition) is 3. The number of piperidine rings is 1. The van der Waals surface area contributed by atoms with Crippen molar-refractivity contribution < 1.29 is 9.53 Å². The van der Waals surface area contributed by atoms with Crippen molar-refractivity contribution in [2.45, 2.75) is 58.0 Å². The second-order valence-electron chi connectivity index (χ2n) is 9.61. The highest BCUT2D eigenvalue weighted by Gasteiger charge is 2.33. The quantitative estimate of drug-likeness (QED) is 0.478. The largest absolute Gasteiger partial charge is 0.368 e. The first-order chi connectivity index (χ1) is 16.2. The third kappa shape index (κ3) is 4.41. The molecule has 2 aliphatic rings. The molecule has 3 aromatic rings. The Balaban J connectivity index is 1.28. The highest BCUT2D eigenvalue weighted by molar-refractivity contribution is 5.88. The number of benzene rings is 2. The Bertz CT molecular complexity index is 1110. The zero-order valence-electron chi connectivity index (χ0n) is 19.8. The fraction of sp³-hybridized carbons (Fsp3) is 0.448. The van der Waals surface area contributed by atoms with Gasteiger partial charge in [-0.2, -0.15) is 0 Å². The highest BCUT2D eigenvalue weighted by atomic mass is 16.5. The van der Waals surface area contributed by atoms with Crippen LogP contribution in [0, 0.1) is 12.8 Å². The van der Waals surface area contributed by atoms with E-state index in [-0.39, 0.29) is 12.0 Å². The summed E-state index contributed by atoms with van der Waals surface area (Å²) in [4.78, 5) is 19.3. The lowest BCUT2D eigenvalue weighted by Gasteiger charge is -2.37. The smallest absolute Gasteiger partial charge is 0.251 e. The molecule has 1 unspecified atom stereocenters. The van der Waals surface area contributed by atoms with Gasteiger partial charge in [0.1, 0.15) is 6.10 Å². The topological polar surface area (TPSA) is 42.4 Å². The van der Waals surface area contributed by atoms with Gasteiger partial charge in [-0.15, -0.1) is 0 Å². The van der Waals surface area contributed by atoms with Gasteiger partial charge in [-0.3, -0.25) is 9.78 Å². The maximum absolute atomic E-state index is 12.7. The highest BCUT2D eigenvalue weighted by Crippen LogP contribution is 2.37. The van der Waals surface area contributed by atoms with Gasteiger partial charge < -0.3 is 9.64 Å². The predicted molar refractivity (Wildman–Crippen MR) is 133 cm³/mol. The molecule has 1 aromatic heterocycles. The van der Waals surface area contributed by atoms with Crippen LogP contribution in [0.4, 0.5) is 0 Å². The number of aryl methyl sites for hydroxylation is 1. The summed E-state index contributed by atoms with van der Waals surface area (Å²) in [5.41, 5.74) is 6.23. The first kappa shape index (κ1) is 22.1. The minimum atomic E-state index is -0.190. The summed E-state index contributed by atoms with van der Waals surface area (Å²) in [6, 6.07) is 17.7. The molecule has 4 nitrogen and oxygen atoms in total. The lowest BCUT2D eigenvalue weighted by atomic mass is 9.78. The van der Waals surface area contributed by atoms with Crippen LogP contribution < -0.4 is 0 Å². The monoisotopic (exact) mass is 442 g/mol. The Morgan fingerprint density at radius 3 is 2.58 bits per heavy atom. The molecule has 0 bridgehead atoms. The number of fused-ring (bicyclic) bond motifs is 1. The van der Waals surface area contributed by atoms with Crippen molar-refractivity contribution in [1.82, 2.24) is 9.88 Å². The zero-order chi connectivity index (χ0) is 22.8. The van der Waals surface area contributed by atoms with Crippen molar-refractivity contribution in [3.63, 3.8) is 0 Å². The Labute approximate surface area is 197 Å². The summed E-state index contributed by atoms with van der Waals surface area (Å²) in [5.74, 6) is 1.38. The van der Waals surface area contributed by atoms with Crippen LogP contribution in [-0.2, 0) is 9.53 Å². The van der Waals surface area contributed by atoms with E-state index in [9.17, 15) is 4.79 Å². The molecule has 3 heterocycles. The van der Waals surface area contributed by atoms with Crippen molar-refractivity contribution in [3.8, 4) is 11.1 Å². The third-order valence-electron chi connectivity index (χ3n) is 7.74. The van der Waals surface area contributed by atoms with Gasteiger partial charge in [-0.25, -0.2) is 0 Å². The summed E-state index contributed by atoms with van der Waals surface area (Å²) >= 11 is 0.